The second kappa shape index (κ2) is 7.58. The summed E-state index contributed by atoms with van der Waals surface area (Å²) in [7, 11) is 3.72. The Balaban J connectivity index is 1.28. The molecule has 0 aliphatic carbocycles. The molecule has 0 atom stereocenters. The normalized spacial score (nSPS) is 14.5. The molecule has 7 heteroatoms. The Labute approximate surface area is 180 Å². The Morgan fingerprint density at radius 1 is 0.968 bits per heavy atom. The van der Waals surface area contributed by atoms with Gasteiger partial charge in [0, 0.05) is 63.1 Å². The van der Waals surface area contributed by atoms with Gasteiger partial charge in [-0.15, -0.1) is 0 Å². The maximum Gasteiger partial charge on any atom is 0.260 e. The molecule has 5 rings (SSSR count). The standard InChI is InChI=1S/C24H25N5O2/c1-26-15-17(19-5-3-4-6-22(19)26)13-23(30)29-11-9-28(10-12-29)18-7-8-20-21(14-18)25-16-27(2)24(20)31/h3-8,14-16H,9-13H2,1-2H3. The molecular formula is C24H25N5O2. The van der Waals surface area contributed by atoms with Gasteiger partial charge in [0.1, 0.15) is 0 Å². The zero-order valence-corrected chi connectivity index (χ0v) is 17.8. The van der Waals surface area contributed by atoms with E-state index in [2.05, 4.69) is 32.8 Å². The Bertz CT molecular complexity index is 1350. The maximum atomic E-state index is 13.0. The lowest BCUT2D eigenvalue weighted by Gasteiger charge is -2.36. The Morgan fingerprint density at radius 3 is 2.55 bits per heavy atom. The zero-order valence-electron chi connectivity index (χ0n) is 17.8. The summed E-state index contributed by atoms with van der Waals surface area (Å²) >= 11 is 0. The fraction of sp³-hybridized carbons (Fsp3) is 0.292. The van der Waals surface area contributed by atoms with Crippen LogP contribution in [0.4, 0.5) is 5.69 Å². The molecule has 1 saturated heterocycles. The third-order valence-corrected chi connectivity index (χ3v) is 6.22. The monoisotopic (exact) mass is 415 g/mol. The molecule has 1 aliphatic rings. The zero-order chi connectivity index (χ0) is 21.5. The number of nitrogens with zero attached hydrogens (tertiary/aromatic N) is 5. The van der Waals surface area contributed by atoms with Crippen molar-refractivity contribution >= 4 is 33.4 Å². The van der Waals surface area contributed by atoms with Gasteiger partial charge in [-0.05, 0) is 29.8 Å². The number of benzene rings is 2. The van der Waals surface area contributed by atoms with Crippen LogP contribution in [0.25, 0.3) is 21.8 Å². The lowest BCUT2D eigenvalue weighted by atomic mass is 10.1. The number of amides is 1. The van der Waals surface area contributed by atoms with Crippen LogP contribution in [0, 0.1) is 0 Å². The van der Waals surface area contributed by atoms with E-state index >= 15 is 0 Å². The molecule has 0 radical (unpaired) electrons. The van der Waals surface area contributed by atoms with Gasteiger partial charge in [0.2, 0.25) is 5.91 Å². The third-order valence-electron chi connectivity index (χ3n) is 6.22. The Kier molecular flexibility index (Phi) is 4.73. The molecule has 2 aromatic heterocycles. The van der Waals surface area contributed by atoms with E-state index in [1.807, 2.05) is 42.3 Å². The van der Waals surface area contributed by atoms with Crippen molar-refractivity contribution in [1.29, 1.82) is 0 Å². The number of para-hydroxylation sites is 1. The van der Waals surface area contributed by atoms with E-state index in [-0.39, 0.29) is 11.5 Å². The van der Waals surface area contributed by atoms with Crippen molar-refractivity contribution in [3.05, 3.63) is 70.9 Å². The number of rotatable bonds is 3. The van der Waals surface area contributed by atoms with Gasteiger partial charge in [0.25, 0.3) is 5.56 Å². The fourth-order valence-corrected chi connectivity index (χ4v) is 4.45. The number of aromatic nitrogens is 3. The number of hydrogen-bond donors (Lipinski definition) is 0. The molecule has 4 aromatic rings. The summed E-state index contributed by atoms with van der Waals surface area (Å²) in [5.41, 5.74) is 3.92. The van der Waals surface area contributed by atoms with E-state index in [0.29, 0.717) is 30.4 Å². The molecule has 1 amide bonds. The fourth-order valence-electron chi connectivity index (χ4n) is 4.45. The van der Waals surface area contributed by atoms with Gasteiger partial charge < -0.3 is 18.9 Å². The van der Waals surface area contributed by atoms with Gasteiger partial charge in [0.15, 0.2) is 0 Å². The quantitative estimate of drug-likeness (QED) is 0.515. The molecule has 0 spiro atoms. The third kappa shape index (κ3) is 3.46. The van der Waals surface area contributed by atoms with Crippen LogP contribution in [0.15, 0.2) is 59.8 Å². The molecular weight excluding hydrogens is 390 g/mol. The predicted molar refractivity (Wildman–Crippen MR) is 122 cm³/mol. The van der Waals surface area contributed by atoms with Crippen LogP contribution in [0.3, 0.4) is 0 Å². The van der Waals surface area contributed by atoms with E-state index in [0.717, 1.165) is 35.2 Å². The number of aryl methyl sites for hydroxylation is 2. The lowest BCUT2D eigenvalue weighted by Crippen LogP contribution is -2.49. The van der Waals surface area contributed by atoms with Crippen molar-refractivity contribution in [2.75, 3.05) is 31.1 Å². The number of carbonyl (C=O) groups is 1. The highest BCUT2D eigenvalue weighted by molar-refractivity contribution is 5.89. The first kappa shape index (κ1) is 19.4. The van der Waals surface area contributed by atoms with Gasteiger partial charge in [-0.3, -0.25) is 9.59 Å². The molecule has 7 nitrogen and oxygen atoms in total. The molecule has 2 aromatic carbocycles. The van der Waals surface area contributed by atoms with E-state index in [4.69, 9.17) is 0 Å². The smallest absolute Gasteiger partial charge is 0.260 e. The first-order chi connectivity index (χ1) is 15.0. The topological polar surface area (TPSA) is 63.4 Å². The van der Waals surface area contributed by atoms with Crippen molar-refractivity contribution in [3.8, 4) is 0 Å². The highest BCUT2D eigenvalue weighted by Gasteiger charge is 2.23. The molecule has 158 valence electrons. The first-order valence-corrected chi connectivity index (χ1v) is 10.5. The Hall–Kier alpha value is -3.61. The van der Waals surface area contributed by atoms with Crippen molar-refractivity contribution in [3.63, 3.8) is 0 Å². The summed E-state index contributed by atoms with van der Waals surface area (Å²) in [5, 5.41) is 1.77. The van der Waals surface area contributed by atoms with Crippen LogP contribution < -0.4 is 10.5 Å². The minimum atomic E-state index is -0.0413. The molecule has 1 aliphatic heterocycles. The number of carbonyl (C=O) groups excluding carboxylic acids is 1. The van der Waals surface area contributed by atoms with Gasteiger partial charge in [-0.1, -0.05) is 18.2 Å². The van der Waals surface area contributed by atoms with Crippen LogP contribution >= 0.6 is 0 Å². The Morgan fingerprint density at radius 2 is 1.74 bits per heavy atom. The number of piperazine rings is 1. The van der Waals surface area contributed by atoms with Crippen LogP contribution in [-0.4, -0.2) is 51.1 Å². The molecule has 31 heavy (non-hydrogen) atoms. The molecule has 0 bridgehead atoms. The van der Waals surface area contributed by atoms with E-state index in [1.54, 1.807) is 13.4 Å². The largest absolute Gasteiger partial charge is 0.368 e. The van der Waals surface area contributed by atoms with Crippen LogP contribution in [0.5, 0.6) is 0 Å². The summed E-state index contributed by atoms with van der Waals surface area (Å²) in [6.45, 7) is 2.90. The highest BCUT2D eigenvalue weighted by atomic mass is 16.2. The summed E-state index contributed by atoms with van der Waals surface area (Å²) in [5.74, 6) is 0.166. The van der Waals surface area contributed by atoms with Crippen LogP contribution in [0.2, 0.25) is 0 Å². The van der Waals surface area contributed by atoms with Crippen molar-refractivity contribution in [2.24, 2.45) is 14.1 Å². The maximum absolute atomic E-state index is 13.0. The molecule has 0 saturated carbocycles. The predicted octanol–water partition coefficient (Wildman–Crippen LogP) is 2.32. The average molecular weight is 415 g/mol. The molecule has 3 heterocycles. The summed E-state index contributed by atoms with van der Waals surface area (Å²) in [4.78, 5) is 33.8. The van der Waals surface area contributed by atoms with Gasteiger partial charge in [-0.2, -0.15) is 0 Å². The van der Waals surface area contributed by atoms with Gasteiger partial charge in [0.05, 0.1) is 23.7 Å². The SMILES string of the molecule is Cn1cnc2cc(N3CCN(C(=O)Cc4cn(C)c5ccccc45)CC3)ccc2c1=O. The van der Waals surface area contributed by atoms with E-state index < -0.39 is 0 Å². The molecule has 0 unspecified atom stereocenters. The van der Waals surface area contributed by atoms with Gasteiger partial charge >= 0.3 is 0 Å². The molecule has 0 N–H and O–H groups in total. The summed E-state index contributed by atoms with van der Waals surface area (Å²) in [6.07, 6.45) is 4.04. The van der Waals surface area contributed by atoms with Crippen molar-refractivity contribution in [1.82, 2.24) is 19.0 Å². The van der Waals surface area contributed by atoms with E-state index in [9.17, 15) is 9.59 Å². The minimum absolute atomic E-state index is 0.0413. The highest BCUT2D eigenvalue weighted by Crippen LogP contribution is 2.23. The summed E-state index contributed by atoms with van der Waals surface area (Å²) < 4.78 is 3.57. The second-order valence-electron chi connectivity index (χ2n) is 8.19. The van der Waals surface area contributed by atoms with Crippen molar-refractivity contribution in [2.45, 2.75) is 6.42 Å². The molecule has 1 fully saturated rings. The number of anilines is 1. The van der Waals surface area contributed by atoms with Gasteiger partial charge in [-0.25, -0.2) is 4.98 Å². The number of fused-ring (bicyclic) bond motifs is 2. The van der Waals surface area contributed by atoms with E-state index in [1.165, 1.54) is 4.57 Å². The average Bonchev–Trinajstić information content (AvgIpc) is 3.11. The minimum Gasteiger partial charge on any atom is -0.368 e. The van der Waals surface area contributed by atoms with Crippen LogP contribution in [-0.2, 0) is 25.3 Å². The first-order valence-electron chi connectivity index (χ1n) is 10.5. The van der Waals surface area contributed by atoms with Crippen LogP contribution in [0.1, 0.15) is 5.56 Å². The lowest BCUT2D eigenvalue weighted by molar-refractivity contribution is -0.130. The van der Waals surface area contributed by atoms with Crippen molar-refractivity contribution < 1.29 is 4.79 Å². The number of hydrogen-bond acceptors (Lipinski definition) is 4. The second-order valence-corrected chi connectivity index (χ2v) is 8.19. The summed E-state index contributed by atoms with van der Waals surface area (Å²) in [6, 6.07) is 14.0.